The van der Waals surface area contributed by atoms with Gasteiger partial charge < -0.3 is 9.80 Å². The van der Waals surface area contributed by atoms with Crippen molar-refractivity contribution in [2.45, 2.75) is 25.9 Å². The van der Waals surface area contributed by atoms with Crippen LogP contribution >= 0.6 is 0 Å². The topological polar surface area (TPSA) is 19.4 Å². The van der Waals surface area contributed by atoms with E-state index < -0.39 is 0 Å². The second-order valence-electron chi connectivity index (χ2n) is 8.16. The van der Waals surface area contributed by atoms with E-state index in [2.05, 4.69) is 95.7 Å². The van der Waals surface area contributed by atoms with Crippen molar-refractivity contribution in [1.82, 2.24) is 4.98 Å². The highest BCUT2D eigenvalue weighted by Gasteiger charge is 2.38. The Hall–Kier alpha value is -3.59. The van der Waals surface area contributed by atoms with E-state index in [0.717, 1.165) is 18.4 Å². The molecular weight excluding hydrogens is 366 g/mol. The Kier molecular flexibility index (Phi) is 3.88. The number of rotatable bonds is 2. The predicted octanol–water partition coefficient (Wildman–Crippen LogP) is 6.14. The Morgan fingerprint density at radius 3 is 2.53 bits per heavy atom. The molecule has 3 heterocycles. The molecule has 0 aliphatic carbocycles. The maximum atomic E-state index is 4.77. The van der Waals surface area contributed by atoms with Crippen LogP contribution in [0.4, 0.5) is 11.4 Å². The van der Waals surface area contributed by atoms with E-state index in [-0.39, 0.29) is 6.17 Å². The minimum Gasteiger partial charge on any atom is -0.322 e. The quantitative estimate of drug-likeness (QED) is 0.410. The van der Waals surface area contributed by atoms with Crippen molar-refractivity contribution in [3.8, 4) is 0 Å². The number of fused-ring (bicyclic) bond motifs is 5. The molecule has 0 fully saturated rings. The first-order valence-electron chi connectivity index (χ1n) is 10.6. The van der Waals surface area contributed by atoms with Crippen molar-refractivity contribution < 1.29 is 0 Å². The Bertz CT molecular complexity index is 1260. The lowest BCUT2D eigenvalue weighted by Gasteiger charge is -2.38. The van der Waals surface area contributed by atoms with E-state index in [9.17, 15) is 0 Å². The maximum absolute atomic E-state index is 4.77. The molecule has 3 aromatic carbocycles. The summed E-state index contributed by atoms with van der Waals surface area (Å²) in [5.74, 6) is 0. The van der Waals surface area contributed by atoms with Gasteiger partial charge in [-0.15, -0.1) is 0 Å². The van der Waals surface area contributed by atoms with E-state index in [0.29, 0.717) is 0 Å². The summed E-state index contributed by atoms with van der Waals surface area (Å²) in [5.41, 5.74) is 8.73. The van der Waals surface area contributed by atoms with Gasteiger partial charge in [0.25, 0.3) is 0 Å². The van der Waals surface area contributed by atoms with Gasteiger partial charge in [-0.2, -0.15) is 0 Å². The normalized spacial score (nSPS) is 17.6. The van der Waals surface area contributed by atoms with E-state index in [1.807, 2.05) is 12.3 Å². The third-order valence-electron chi connectivity index (χ3n) is 6.28. The van der Waals surface area contributed by atoms with E-state index in [1.165, 1.54) is 39.1 Å². The summed E-state index contributed by atoms with van der Waals surface area (Å²) in [6, 6.07) is 28.3. The summed E-state index contributed by atoms with van der Waals surface area (Å²) in [4.78, 5) is 9.73. The van der Waals surface area contributed by atoms with Crippen molar-refractivity contribution in [2.75, 3.05) is 9.80 Å². The number of benzene rings is 3. The number of hydrogen-bond acceptors (Lipinski definition) is 3. The van der Waals surface area contributed by atoms with Gasteiger partial charge in [0.05, 0.1) is 16.9 Å². The number of hydrogen-bond donors (Lipinski definition) is 0. The summed E-state index contributed by atoms with van der Waals surface area (Å²) in [7, 11) is 0. The van der Waals surface area contributed by atoms with Crippen LogP contribution in [0.25, 0.3) is 16.6 Å². The molecule has 0 amide bonds. The van der Waals surface area contributed by atoms with Crippen molar-refractivity contribution >= 4 is 28.0 Å². The minimum absolute atomic E-state index is 0.253. The van der Waals surface area contributed by atoms with Crippen LogP contribution < -0.4 is 9.80 Å². The van der Waals surface area contributed by atoms with Crippen molar-refractivity contribution in [3.63, 3.8) is 0 Å². The molecule has 3 heteroatoms. The molecule has 146 valence electrons. The average Bonchev–Trinajstić information content (AvgIpc) is 3.19. The molecule has 0 saturated carbocycles. The molecule has 0 N–H and O–H groups in total. The molecule has 0 spiro atoms. The van der Waals surface area contributed by atoms with Gasteiger partial charge in [-0.05, 0) is 49.1 Å². The highest BCUT2D eigenvalue weighted by Crippen LogP contribution is 2.45. The predicted molar refractivity (Wildman–Crippen MR) is 124 cm³/mol. The third kappa shape index (κ3) is 2.62. The lowest BCUT2D eigenvalue weighted by Crippen LogP contribution is -2.42. The van der Waals surface area contributed by atoms with Gasteiger partial charge >= 0.3 is 0 Å². The highest BCUT2D eigenvalue weighted by atomic mass is 15.4. The first-order valence-corrected chi connectivity index (χ1v) is 10.6. The molecule has 3 nitrogen and oxygen atoms in total. The number of aromatic nitrogens is 1. The number of pyridine rings is 1. The fraction of sp³-hybridized carbons (Fsp3) is 0.148. The minimum atomic E-state index is 0.253. The average molecular weight is 390 g/mol. The van der Waals surface area contributed by atoms with E-state index >= 15 is 0 Å². The van der Waals surface area contributed by atoms with Crippen LogP contribution in [0.5, 0.6) is 0 Å². The maximum Gasteiger partial charge on any atom is 0.111 e. The summed E-state index contributed by atoms with van der Waals surface area (Å²) in [5, 5.41) is 1.19. The largest absolute Gasteiger partial charge is 0.322 e. The second kappa shape index (κ2) is 6.74. The molecule has 0 bridgehead atoms. The summed E-state index contributed by atoms with van der Waals surface area (Å²) >= 11 is 0. The number of nitrogens with zero attached hydrogens (tertiary/aromatic N) is 3. The van der Waals surface area contributed by atoms with Gasteiger partial charge in [-0.25, -0.2) is 0 Å². The van der Waals surface area contributed by atoms with E-state index in [4.69, 9.17) is 4.98 Å². The van der Waals surface area contributed by atoms with Gasteiger partial charge in [-0.3, -0.25) is 4.98 Å². The molecule has 30 heavy (non-hydrogen) atoms. The number of aryl methyl sites for hydroxylation is 2. The summed E-state index contributed by atoms with van der Waals surface area (Å²) in [6.07, 6.45) is 6.62. The summed E-state index contributed by atoms with van der Waals surface area (Å²) in [6.45, 7) is 2.14. The van der Waals surface area contributed by atoms with E-state index in [1.54, 1.807) is 0 Å². The smallest absolute Gasteiger partial charge is 0.111 e. The van der Waals surface area contributed by atoms with Crippen LogP contribution in [0.1, 0.15) is 23.1 Å². The Morgan fingerprint density at radius 1 is 0.867 bits per heavy atom. The van der Waals surface area contributed by atoms with Gasteiger partial charge in [0, 0.05) is 23.5 Å². The lowest BCUT2D eigenvalue weighted by molar-refractivity contribution is 0.601. The SMILES string of the molecule is Cc1ccc(N2C(c3ccccc3)=CN3c4c(ccc5cccnc45)CC[C@H]32)cc1. The molecule has 2 aliphatic heterocycles. The molecule has 6 rings (SSSR count). The fourth-order valence-electron chi connectivity index (χ4n) is 4.83. The van der Waals surface area contributed by atoms with Gasteiger partial charge in [-0.1, -0.05) is 66.2 Å². The van der Waals surface area contributed by atoms with Crippen molar-refractivity contribution in [3.05, 3.63) is 108 Å². The molecule has 1 atom stereocenters. The van der Waals surface area contributed by atoms with Crippen molar-refractivity contribution in [2.24, 2.45) is 0 Å². The third-order valence-corrected chi connectivity index (χ3v) is 6.28. The highest BCUT2D eigenvalue weighted by molar-refractivity contribution is 5.97. The van der Waals surface area contributed by atoms with Crippen LogP contribution in [0, 0.1) is 6.92 Å². The molecular formula is C27H23N3. The van der Waals surface area contributed by atoms with Crippen molar-refractivity contribution in [1.29, 1.82) is 0 Å². The van der Waals surface area contributed by atoms with Gasteiger partial charge in [0.15, 0.2) is 0 Å². The molecule has 1 aromatic heterocycles. The summed E-state index contributed by atoms with van der Waals surface area (Å²) < 4.78 is 0. The fourth-order valence-corrected chi connectivity index (χ4v) is 4.83. The molecule has 0 saturated heterocycles. The Balaban J connectivity index is 1.56. The first kappa shape index (κ1) is 17.3. The molecule has 2 aliphatic rings. The zero-order chi connectivity index (χ0) is 20.1. The van der Waals surface area contributed by atoms with Gasteiger partial charge in [0.2, 0.25) is 0 Å². The number of anilines is 2. The van der Waals surface area contributed by atoms with Crippen LogP contribution in [0.3, 0.4) is 0 Å². The zero-order valence-electron chi connectivity index (χ0n) is 17.0. The Morgan fingerprint density at radius 2 is 1.70 bits per heavy atom. The molecule has 0 unspecified atom stereocenters. The van der Waals surface area contributed by atoms with Gasteiger partial charge in [0.1, 0.15) is 6.17 Å². The van der Waals surface area contributed by atoms with Crippen LogP contribution in [0.2, 0.25) is 0 Å². The standard InChI is InChI=1S/C27H23N3/c1-19-9-14-23(15-10-19)30-24(20-6-3-2-4-7-20)18-29-25(30)16-13-22-12-11-21-8-5-17-28-26(21)27(22)29/h2-12,14-15,17-18,25H,13,16H2,1H3/t25-/m1/s1. The first-order chi connectivity index (χ1) is 14.8. The molecule has 0 radical (unpaired) electrons. The lowest BCUT2D eigenvalue weighted by atomic mass is 9.97. The zero-order valence-corrected chi connectivity index (χ0v) is 17.0. The van der Waals surface area contributed by atoms with Crippen LogP contribution in [-0.4, -0.2) is 11.1 Å². The molecule has 4 aromatic rings. The second-order valence-corrected chi connectivity index (χ2v) is 8.16. The Labute approximate surface area is 176 Å². The monoisotopic (exact) mass is 389 g/mol. The van der Waals surface area contributed by atoms with Crippen LogP contribution in [0.15, 0.2) is 91.3 Å². The van der Waals surface area contributed by atoms with Crippen LogP contribution in [-0.2, 0) is 6.42 Å².